The maximum absolute atomic E-state index is 12.9. The molecule has 1 aliphatic heterocycles. The molecule has 3 rings (SSSR count). The third-order valence-electron chi connectivity index (χ3n) is 4.85. The minimum Gasteiger partial charge on any atom is -0.383 e. The molecule has 1 aromatic heterocycles. The van der Waals surface area contributed by atoms with E-state index in [9.17, 15) is 14.4 Å². The van der Waals surface area contributed by atoms with Crippen LogP contribution in [0.15, 0.2) is 30.5 Å². The largest absolute Gasteiger partial charge is 0.383 e. The summed E-state index contributed by atoms with van der Waals surface area (Å²) < 4.78 is 0. The zero-order valence-electron chi connectivity index (χ0n) is 18.5. The van der Waals surface area contributed by atoms with Gasteiger partial charge >= 0.3 is 0 Å². The number of likely N-dealkylation sites (N-methyl/N-ethyl adjacent to an activating group) is 1. The van der Waals surface area contributed by atoms with Gasteiger partial charge in [0.25, 0.3) is 5.91 Å². The van der Waals surface area contributed by atoms with Gasteiger partial charge in [-0.15, -0.1) is 0 Å². The number of aromatic nitrogens is 2. The van der Waals surface area contributed by atoms with E-state index in [0.29, 0.717) is 31.0 Å². The summed E-state index contributed by atoms with van der Waals surface area (Å²) in [6, 6.07) is 6.50. The van der Waals surface area contributed by atoms with Crippen molar-refractivity contribution in [1.82, 2.24) is 20.2 Å². The van der Waals surface area contributed by atoms with Crippen LogP contribution in [0.4, 0.5) is 11.5 Å². The molecular weight excluding hydrogens is 432 g/mol. The summed E-state index contributed by atoms with van der Waals surface area (Å²) in [7, 11) is 1.52. The highest BCUT2D eigenvalue weighted by molar-refractivity contribution is 6.28. The van der Waals surface area contributed by atoms with E-state index >= 15 is 0 Å². The summed E-state index contributed by atoms with van der Waals surface area (Å²) in [5, 5.41) is 9.22. The maximum atomic E-state index is 12.9. The zero-order chi connectivity index (χ0) is 23.5. The number of anilines is 2. The Labute approximate surface area is 193 Å². The molecule has 2 heterocycles. The maximum Gasteiger partial charge on any atom is 0.255 e. The van der Waals surface area contributed by atoms with E-state index in [1.54, 1.807) is 24.4 Å². The fraction of sp³-hybridized carbons (Fsp3) is 0.409. The molecule has 172 valence electrons. The second-order valence-electron chi connectivity index (χ2n) is 6.70. The molecule has 10 heteroatoms. The van der Waals surface area contributed by atoms with Crippen LogP contribution in [0.25, 0.3) is 0 Å². The first-order valence-corrected chi connectivity index (χ1v) is 11.0. The van der Waals surface area contributed by atoms with Gasteiger partial charge in [-0.3, -0.25) is 9.59 Å². The monoisotopic (exact) mass is 460 g/mol. The van der Waals surface area contributed by atoms with Crippen LogP contribution in [0.5, 0.6) is 0 Å². The van der Waals surface area contributed by atoms with Crippen LogP contribution in [-0.2, 0) is 16.1 Å². The predicted molar refractivity (Wildman–Crippen MR) is 125 cm³/mol. The van der Waals surface area contributed by atoms with Crippen molar-refractivity contribution in [3.8, 4) is 0 Å². The van der Waals surface area contributed by atoms with Crippen molar-refractivity contribution in [2.75, 3.05) is 30.8 Å². The Morgan fingerprint density at radius 1 is 1.25 bits per heavy atom. The molecule has 1 aliphatic rings. The number of aldehydes is 1. The lowest BCUT2D eigenvalue weighted by Crippen LogP contribution is -2.46. The van der Waals surface area contributed by atoms with Gasteiger partial charge in [-0.05, 0) is 36.2 Å². The Morgan fingerprint density at radius 2 is 2.00 bits per heavy atom. The first-order valence-electron chi connectivity index (χ1n) is 10.6. The van der Waals surface area contributed by atoms with Gasteiger partial charge in [-0.25, -0.2) is 9.97 Å². The van der Waals surface area contributed by atoms with Crippen LogP contribution in [0.1, 0.15) is 42.6 Å². The average Bonchev–Trinajstić information content (AvgIpc) is 3.15. The zero-order valence-corrected chi connectivity index (χ0v) is 19.3. The van der Waals surface area contributed by atoms with Gasteiger partial charge < -0.3 is 25.6 Å². The lowest BCUT2D eigenvalue weighted by atomic mass is 10.1. The van der Waals surface area contributed by atoms with E-state index in [1.165, 1.54) is 11.9 Å². The van der Waals surface area contributed by atoms with Crippen molar-refractivity contribution in [3.05, 3.63) is 46.9 Å². The van der Waals surface area contributed by atoms with Crippen molar-refractivity contribution < 1.29 is 14.4 Å². The lowest BCUT2D eigenvalue weighted by molar-refractivity contribution is -0.125. The topological polar surface area (TPSA) is 116 Å². The van der Waals surface area contributed by atoms with E-state index in [1.807, 2.05) is 19.9 Å². The fourth-order valence-corrected chi connectivity index (χ4v) is 3.56. The average molecular weight is 461 g/mol. The number of fused-ring (bicyclic) bond motifs is 1. The molecule has 0 bridgehead atoms. The standard InChI is InChI=1S/C20H23ClN6O3.C2H6/c1-22-18(29)16(6-3-11-28)27-12-14-13(19(27)30)4-2-5-15(14)23-9-10-24-17-7-8-25-20(21)26-17;1-2/h2,4-5,7-8,11,16,23H,3,6,9-10,12H2,1H3,(H,22,29)(H,24,25,26);1-2H3. The minimum atomic E-state index is -0.683. The van der Waals surface area contributed by atoms with E-state index in [0.717, 1.165) is 17.5 Å². The molecule has 3 N–H and O–H groups in total. The van der Waals surface area contributed by atoms with Crippen LogP contribution >= 0.6 is 11.6 Å². The highest BCUT2D eigenvalue weighted by Gasteiger charge is 2.36. The van der Waals surface area contributed by atoms with Crippen molar-refractivity contribution in [3.63, 3.8) is 0 Å². The van der Waals surface area contributed by atoms with Crippen molar-refractivity contribution in [1.29, 1.82) is 0 Å². The molecular formula is C22H29ClN6O3. The quantitative estimate of drug-likeness (QED) is 0.283. The van der Waals surface area contributed by atoms with Gasteiger partial charge in [-0.1, -0.05) is 19.9 Å². The summed E-state index contributed by atoms with van der Waals surface area (Å²) in [6.45, 7) is 5.47. The van der Waals surface area contributed by atoms with Crippen molar-refractivity contribution in [2.24, 2.45) is 0 Å². The molecule has 2 aromatic rings. The number of nitrogens with one attached hydrogen (secondary N) is 3. The first-order chi connectivity index (χ1) is 15.5. The second kappa shape index (κ2) is 12.6. The molecule has 0 saturated heterocycles. The van der Waals surface area contributed by atoms with Crippen LogP contribution < -0.4 is 16.0 Å². The van der Waals surface area contributed by atoms with Crippen LogP contribution in [0, 0.1) is 0 Å². The second-order valence-corrected chi connectivity index (χ2v) is 7.04. The Hall–Kier alpha value is -3.20. The molecule has 0 aliphatic carbocycles. The first kappa shape index (κ1) is 25.1. The molecule has 1 atom stereocenters. The Bertz CT molecular complexity index is 940. The molecule has 32 heavy (non-hydrogen) atoms. The number of hydrogen-bond donors (Lipinski definition) is 3. The minimum absolute atomic E-state index is 0.174. The number of halogens is 1. The van der Waals surface area contributed by atoms with Gasteiger partial charge in [0, 0.05) is 56.1 Å². The number of rotatable bonds is 10. The molecule has 0 spiro atoms. The number of hydrogen-bond acceptors (Lipinski definition) is 7. The van der Waals surface area contributed by atoms with Crippen molar-refractivity contribution >= 4 is 41.2 Å². The summed E-state index contributed by atoms with van der Waals surface area (Å²) in [6.07, 6.45) is 2.83. The van der Waals surface area contributed by atoms with Crippen LogP contribution in [-0.4, -0.2) is 59.1 Å². The Morgan fingerprint density at radius 3 is 2.69 bits per heavy atom. The molecule has 1 unspecified atom stereocenters. The summed E-state index contributed by atoms with van der Waals surface area (Å²) in [4.78, 5) is 45.4. The van der Waals surface area contributed by atoms with Gasteiger partial charge in [-0.2, -0.15) is 0 Å². The third-order valence-corrected chi connectivity index (χ3v) is 5.03. The summed E-state index contributed by atoms with van der Waals surface area (Å²) >= 11 is 5.77. The van der Waals surface area contributed by atoms with Gasteiger partial charge in [0.15, 0.2) is 0 Å². The fourth-order valence-electron chi connectivity index (χ4n) is 3.41. The van der Waals surface area contributed by atoms with Crippen LogP contribution in [0.2, 0.25) is 5.28 Å². The number of amides is 2. The number of carbonyl (C=O) groups is 3. The molecule has 1 aromatic carbocycles. The van der Waals surface area contributed by atoms with Gasteiger partial charge in [0.2, 0.25) is 11.2 Å². The Balaban J connectivity index is 0.00000176. The lowest BCUT2D eigenvalue weighted by Gasteiger charge is -2.25. The van der Waals surface area contributed by atoms with E-state index < -0.39 is 6.04 Å². The van der Waals surface area contributed by atoms with Crippen molar-refractivity contribution in [2.45, 2.75) is 39.3 Å². The normalized spacial score (nSPS) is 12.9. The van der Waals surface area contributed by atoms with Gasteiger partial charge in [0.1, 0.15) is 18.1 Å². The highest BCUT2D eigenvalue weighted by atomic mass is 35.5. The molecule has 9 nitrogen and oxygen atoms in total. The molecule has 2 amide bonds. The van der Waals surface area contributed by atoms with E-state index in [2.05, 4.69) is 25.9 Å². The SMILES string of the molecule is CC.CNC(=O)C(CCC=O)N1Cc2c(NCCNc3ccnc(Cl)n3)cccc2C1=O. The Kier molecular flexibility index (Phi) is 9.87. The smallest absolute Gasteiger partial charge is 0.255 e. The van der Waals surface area contributed by atoms with E-state index in [4.69, 9.17) is 11.6 Å². The summed E-state index contributed by atoms with van der Waals surface area (Å²) in [5.74, 6) is 0.141. The summed E-state index contributed by atoms with van der Waals surface area (Å²) in [5.41, 5.74) is 2.24. The number of nitrogens with zero attached hydrogens (tertiary/aromatic N) is 3. The third kappa shape index (κ3) is 6.16. The molecule has 0 radical (unpaired) electrons. The predicted octanol–water partition coefficient (Wildman–Crippen LogP) is 2.73. The van der Waals surface area contributed by atoms with Gasteiger partial charge in [0.05, 0.1) is 0 Å². The highest BCUT2D eigenvalue weighted by Crippen LogP contribution is 2.31. The molecule has 0 saturated carbocycles. The van der Waals surface area contributed by atoms with Crippen LogP contribution in [0.3, 0.4) is 0 Å². The number of benzene rings is 1. The number of carbonyl (C=O) groups excluding carboxylic acids is 3. The van der Waals surface area contributed by atoms with E-state index in [-0.39, 0.29) is 29.9 Å². The molecule has 0 fully saturated rings.